The topological polar surface area (TPSA) is 111 Å². The summed E-state index contributed by atoms with van der Waals surface area (Å²) in [6.45, 7) is 1.81. The van der Waals surface area contributed by atoms with Crippen molar-refractivity contribution in [1.82, 2.24) is 0 Å². The molecule has 38 heavy (non-hydrogen) atoms. The Balaban J connectivity index is 1.53. The summed E-state index contributed by atoms with van der Waals surface area (Å²) in [6, 6.07) is 21.6. The average Bonchev–Trinajstić information content (AvgIpc) is 2.87. The molecule has 0 fully saturated rings. The number of amides is 1. The third-order valence-electron chi connectivity index (χ3n) is 5.79. The van der Waals surface area contributed by atoms with Crippen molar-refractivity contribution < 1.29 is 24.2 Å². The van der Waals surface area contributed by atoms with Crippen LogP contribution in [0.3, 0.4) is 0 Å². The van der Waals surface area contributed by atoms with Gasteiger partial charge in [0, 0.05) is 18.2 Å². The number of carboxylic acid groups (broad SMARTS) is 1. The SMILES string of the molecule is CC(=O)Nc1ccc(OCc2ccc3ccccc3c2)c(COc2c(Cl)cc(C[C@H](N)C(=O)O)cc2Cl)c1. The molecule has 0 unspecified atom stereocenters. The summed E-state index contributed by atoms with van der Waals surface area (Å²) in [5, 5.41) is 14.5. The molecular formula is C29H26Cl2N2O5. The molecule has 9 heteroatoms. The molecule has 0 saturated carbocycles. The van der Waals surface area contributed by atoms with Gasteiger partial charge in [0.05, 0.1) is 10.0 Å². The van der Waals surface area contributed by atoms with Crippen LogP contribution in [0.2, 0.25) is 10.0 Å². The van der Waals surface area contributed by atoms with Gasteiger partial charge in [-0.3, -0.25) is 9.59 Å². The van der Waals surface area contributed by atoms with E-state index in [4.69, 9.17) is 43.5 Å². The first-order valence-electron chi connectivity index (χ1n) is 11.8. The van der Waals surface area contributed by atoms with Crippen LogP contribution < -0.4 is 20.5 Å². The smallest absolute Gasteiger partial charge is 0.320 e. The van der Waals surface area contributed by atoms with E-state index in [0.717, 1.165) is 16.3 Å². The van der Waals surface area contributed by atoms with Crippen LogP contribution in [-0.2, 0) is 29.2 Å². The second-order valence-corrected chi connectivity index (χ2v) is 9.61. The Labute approximate surface area is 230 Å². The molecule has 0 saturated heterocycles. The quantitative estimate of drug-likeness (QED) is 0.215. The zero-order chi connectivity index (χ0) is 27.2. The number of benzene rings is 4. The Hall–Kier alpha value is -3.78. The number of anilines is 1. The van der Waals surface area contributed by atoms with E-state index in [1.807, 2.05) is 18.2 Å². The maximum absolute atomic E-state index is 11.6. The number of hydrogen-bond acceptors (Lipinski definition) is 5. The molecule has 4 aromatic carbocycles. The second-order valence-electron chi connectivity index (χ2n) is 8.80. The van der Waals surface area contributed by atoms with Crippen molar-refractivity contribution in [3.05, 3.63) is 99.5 Å². The van der Waals surface area contributed by atoms with E-state index in [1.54, 1.807) is 30.3 Å². The zero-order valence-corrected chi connectivity index (χ0v) is 22.1. The van der Waals surface area contributed by atoms with E-state index in [-0.39, 0.29) is 34.7 Å². The fourth-order valence-electron chi connectivity index (χ4n) is 3.96. The van der Waals surface area contributed by atoms with Gasteiger partial charge in [-0.05, 0) is 64.7 Å². The number of aliphatic carboxylic acids is 1. The zero-order valence-electron chi connectivity index (χ0n) is 20.5. The molecule has 0 aliphatic heterocycles. The van der Waals surface area contributed by atoms with Gasteiger partial charge in [0.2, 0.25) is 5.91 Å². The summed E-state index contributed by atoms with van der Waals surface area (Å²) < 4.78 is 12.1. The second kappa shape index (κ2) is 12.2. The number of nitrogens with one attached hydrogen (secondary N) is 1. The maximum atomic E-state index is 11.6. The molecule has 0 aliphatic rings. The normalized spacial score (nSPS) is 11.7. The highest BCUT2D eigenvalue weighted by molar-refractivity contribution is 6.37. The summed E-state index contributed by atoms with van der Waals surface area (Å²) in [4.78, 5) is 22.7. The highest BCUT2D eigenvalue weighted by Crippen LogP contribution is 2.36. The van der Waals surface area contributed by atoms with Gasteiger partial charge < -0.3 is 25.6 Å². The van der Waals surface area contributed by atoms with Gasteiger partial charge in [-0.15, -0.1) is 0 Å². The number of hydrogen-bond donors (Lipinski definition) is 3. The number of nitrogens with two attached hydrogens (primary N) is 1. The van der Waals surface area contributed by atoms with E-state index in [2.05, 4.69) is 29.6 Å². The molecule has 4 aromatic rings. The number of halogens is 2. The van der Waals surface area contributed by atoms with Crippen molar-refractivity contribution in [2.75, 3.05) is 5.32 Å². The van der Waals surface area contributed by atoms with Gasteiger partial charge in [0.15, 0.2) is 5.75 Å². The molecule has 7 nitrogen and oxygen atoms in total. The lowest BCUT2D eigenvalue weighted by atomic mass is 10.1. The first-order valence-corrected chi connectivity index (χ1v) is 12.6. The van der Waals surface area contributed by atoms with Crippen molar-refractivity contribution in [3.8, 4) is 11.5 Å². The number of carbonyl (C=O) groups excluding carboxylic acids is 1. The summed E-state index contributed by atoms with van der Waals surface area (Å²) >= 11 is 12.8. The summed E-state index contributed by atoms with van der Waals surface area (Å²) in [6.07, 6.45) is 0.0700. The molecule has 1 amide bonds. The molecular weight excluding hydrogens is 527 g/mol. The molecule has 4 N–H and O–H groups in total. The molecule has 0 aliphatic carbocycles. The van der Waals surface area contributed by atoms with Crippen LogP contribution >= 0.6 is 23.2 Å². The van der Waals surface area contributed by atoms with Crippen LogP contribution in [0.25, 0.3) is 10.8 Å². The summed E-state index contributed by atoms with van der Waals surface area (Å²) in [5.41, 5.74) is 8.46. The van der Waals surface area contributed by atoms with Crippen molar-refractivity contribution in [3.63, 3.8) is 0 Å². The van der Waals surface area contributed by atoms with Crippen LogP contribution in [-0.4, -0.2) is 23.0 Å². The van der Waals surface area contributed by atoms with E-state index < -0.39 is 12.0 Å². The van der Waals surface area contributed by atoms with Gasteiger partial charge >= 0.3 is 5.97 Å². The third kappa shape index (κ3) is 6.95. The molecule has 1 atom stereocenters. The first-order chi connectivity index (χ1) is 18.2. The Bertz CT molecular complexity index is 1470. The van der Waals surface area contributed by atoms with E-state index in [9.17, 15) is 9.59 Å². The van der Waals surface area contributed by atoms with Gasteiger partial charge in [-0.2, -0.15) is 0 Å². The van der Waals surface area contributed by atoms with Crippen molar-refractivity contribution in [2.45, 2.75) is 32.6 Å². The average molecular weight is 553 g/mol. The Kier molecular flexibility index (Phi) is 8.73. The molecule has 196 valence electrons. The predicted molar refractivity (Wildman–Crippen MR) is 149 cm³/mol. The van der Waals surface area contributed by atoms with Crippen LogP contribution in [0, 0.1) is 0 Å². The number of rotatable bonds is 10. The molecule has 0 spiro atoms. The van der Waals surface area contributed by atoms with Crippen molar-refractivity contribution in [1.29, 1.82) is 0 Å². The minimum atomic E-state index is -1.12. The standard InChI is InChI=1S/C29H26Cl2N2O5/c1-17(34)33-23-8-9-27(37-15-18-6-7-20-4-2-3-5-21(20)10-18)22(14-23)16-38-28-24(30)11-19(12-25(28)31)13-26(32)29(35)36/h2-12,14,26H,13,15-16,32H2,1H3,(H,33,34)(H,35,36)/t26-/m0/s1. The minimum absolute atomic E-state index is 0.0495. The fourth-order valence-corrected chi connectivity index (χ4v) is 4.60. The predicted octanol–water partition coefficient (Wildman–Crippen LogP) is 6.22. The van der Waals surface area contributed by atoms with Crippen LogP contribution in [0.1, 0.15) is 23.6 Å². The fraction of sp³-hybridized carbons (Fsp3) is 0.172. The maximum Gasteiger partial charge on any atom is 0.320 e. The van der Waals surface area contributed by atoms with Crippen LogP contribution in [0.4, 0.5) is 5.69 Å². The molecule has 0 bridgehead atoms. The third-order valence-corrected chi connectivity index (χ3v) is 6.35. The van der Waals surface area contributed by atoms with Gasteiger partial charge in [0.25, 0.3) is 0 Å². The summed E-state index contributed by atoms with van der Waals surface area (Å²) in [7, 11) is 0. The monoisotopic (exact) mass is 552 g/mol. The summed E-state index contributed by atoms with van der Waals surface area (Å²) in [5.74, 6) is -0.509. The molecule has 0 radical (unpaired) electrons. The van der Waals surface area contributed by atoms with E-state index >= 15 is 0 Å². The largest absolute Gasteiger partial charge is 0.488 e. The number of ether oxygens (including phenoxy) is 2. The number of fused-ring (bicyclic) bond motifs is 1. The first kappa shape index (κ1) is 27.3. The van der Waals surface area contributed by atoms with E-state index in [0.29, 0.717) is 29.2 Å². The van der Waals surface area contributed by atoms with Crippen LogP contribution in [0.5, 0.6) is 11.5 Å². The lowest BCUT2D eigenvalue weighted by Crippen LogP contribution is -2.32. The molecule has 4 rings (SSSR count). The number of carboxylic acids is 1. The van der Waals surface area contributed by atoms with Gasteiger partial charge in [-0.25, -0.2) is 0 Å². The minimum Gasteiger partial charge on any atom is -0.488 e. The highest BCUT2D eigenvalue weighted by Gasteiger charge is 2.17. The Morgan fingerprint density at radius 2 is 1.61 bits per heavy atom. The highest BCUT2D eigenvalue weighted by atomic mass is 35.5. The van der Waals surface area contributed by atoms with Gasteiger partial charge in [-0.1, -0.05) is 59.6 Å². The Morgan fingerprint density at radius 1 is 0.895 bits per heavy atom. The molecule has 0 aromatic heterocycles. The van der Waals surface area contributed by atoms with Crippen molar-refractivity contribution in [2.24, 2.45) is 5.73 Å². The lowest BCUT2D eigenvalue weighted by Gasteiger charge is -2.16. The Morgan fingerprint density at radius 3 is 2.29 bits per heavy atom. The lowest BCUT2D eigenvalue weighted by molar-refractivity contribution is -0.138. The van der Waals surface area contributed by atoms with Gasteiger partial charge in [0.1, 0.15) is 25.0 Å². The molecule has 0 heterocycles. The van der Waals surface area contributed by atoms with Crippen molar-refractivity contribution >= 4 is 51.5 Å². The van der Waals surface area contributed by atoms with E-state index in [1.165, 1.54) is 6.92 Å². The number of carbonyl (C=O) groups is 2. The van der Waals surface area contributed by atoms with Crippen LogP contribution in [0.15, 0.2) is 72.8 Å².